The van der Waals surface area contributed by atoms with Gasteiger partial charge in [0.05, 0.1) is 4.90 Å². The Morgan fingerprint density at radius 3 is 2.39 bits per heavy atom. The van der Waals surface area contributed by atoms with Gasteiger partial charge in [0.15, 0.2) is 11.6 Å². The Morgan fingerprint density at radius 1 is 1.11 bits per heavy atom. The van der Waals surface area contributed by atoms with Crippen LogP contribution in [0.4, 0.5) is 14.5 Å². The third-order valence-electron chi connectivity index (χ3n) is 4.79. The molecule has 1 saturated heterocycles. The van der Waals surface area contributed by atoms with Gasteiger partial charge in [-0.1, -0.05) is 22.0 Å². The molecule has 1 fully saturated rings. The number of nitrogens with one attached hydrogen (secondary N) is 1. The predicted molar refractivity (Wildman–Crippen MR) is 105 cm³/mol. The molecule has 1 aliphatic rings. The topological polar surface area (TPSA) is 66.5 Å². The SMILES string of the molecule is Cc1ccc(NC(=O)C2CCN(S(=O)(=O)c3ccc(F)c(F)c3)CC2)cc1Br. The Kier molecular flexibility index (Phi) is 6.16. The molecule has 0 unspecified atom stereocenters. The van der Waals surface area contributed by atoms with Crippen molar-refractivity contribution in [2.24, 2.45) is 5.92 Å². The summed E-state index contributed by atoms with van der Waals surface area (Å²) in [5.41, 5.74) is 1.72. The Morgan fingerprint density at radius 2 is 1.79 bits per heavy atom. The van der Waals surface area contributed by atoms with Gasteiger partial charge in [-0.2, -0.15) is 4.31 Å². The van der Waals surface area contributed by atoms with Crippen molar-refractivity contribution < 1.29 is 22.0 Å². The van der Waals surface area contributed by atoms with E-state index in [1.807, 2.05) is 19.1 Å². The molecule has 0 bridgehead atoms. The van der Waals surface area contributed by atoms with E-state index < -0.39 is 21.7 Å². The molecule has 3 rings (SSSR count). The number of anilines is 1. The summed E-state index contributed by atoms with van der Waals surface area (Å²) in [6.07, 6.45) is 0.698. The molecule has 150 valence electrons. The van der Waals surface area contributed by atoms with Crippen LogP contribution in [0.5, 0.6) is 0 Å². The van der Waals surface area contributed by atoms with E-state index in [0.717, 1.165) is 22.2 Å². The molecule has 0 radical (unpaired) electrons. The second-order valence-corrected chi connectivity index (χ2v) is 9.50. The number of sulfonamides is 1. The van der Waals surface area contributed by atoms with Crippen LogP contribution >= 0.6 is 15.9 Å². The second kappa shape index (κ2) is 8.26. The number of amides is 1. The quantitative estimate of drug-likeness (QED) is 0.728. The average Bonchev–Trinajstić information content (AvgIpc) is 2.67. The molecule has 1 amide bonds. The summed E-state index contributed by atoms with van der Waals surface area (Å²) in [4.78, 5) is 12.2. The first-order valence-electron chi connectivity index (χ1n) is 8.70. The summed E-state index contributed by atoms with van der Waals surface area (Å²) in [6, 6.07) is 8.02. The first-order valence-corrected chi connectivity index (χ1v) is 10.9. The first kappa shape index (κ1) is 20.9. The number of hydrogen-bond donors (Lipinski definition) is 1. The molecular weight excluding hydrogens is 454 g/mol. The Balaban J connectivity index is 1.63. The van der Waals surface area contributed by atoms with Crippen molar-refractivity contribution in [1.29, 1.82) is 0 Å². The maximum atomic E-state index is 13.4. The van der Waals surface area contributed by atoms with Crippen molar-refractivity contribution in [3.05, 3.63) is 58.1 Å². The van der Waals surface area contributed by atoms with E-state index in [9.17, 15) is 22.0 Å². The zero-order chi connectivity index (χ0) is 20.5. The van der Waals surface area contributed by atoms with Gasteiger partial charge in [0.25, 0.3) is 0 Å². The van der Waals surface area contributed by atoms with Gasteiger partial charge in [-0.15, -0.1) is 0 Å². The molecule has 1 aliphatic heterocycles. The lowest BCUT2D eigenvalue weighted by atomic mass is 9.97. The summed E-state index contributed by atoms with van der Waals surface area (Å²) in [5, 5.41) is 2.85. The fourth-order valence-corrected chi connectivity index (χ4v) is 4.92. The molecule has 5 nitrogen and oxygen atoms in total. The number of carbonyl (C=O) groups excluding carboxylic acids is 1. The molecule has 0 saturated carbocycles. The normalized spacial score (nSPS) is 16.1. The highest BCUT2D eigenvalue weighted by Crippen LogP contribution is 2.26. The van der Waals surface area contributed by atoms with Crippen LogP contribution in [0.2, 0.25) is 0 Å². The van der Waals surface area contributed by atoms with Gasteiger partial charge < -0.3 is 5.32 Å². The van der Waals surface area contributed by atoms with Crippen LogP contribution in [0, 0.1) is 24.5 Å². The smallest absolute Gasteiger partial charge is 0.243 e. The summed E-state index contributed by atoms with van der Waals surface area (Å²) >= 11 is 3.42. The number of benzene rings is 2. The molecule has 1 heterocycles. The van der Waals surface area contributed by atoms with E-state index in [0.29, 0.717) is 24.6 Å². The molecule has 28 heavy (non-hydrogen) atoms. The number of piperidine rings is 1. The molecule has 0 spiro atoms. The summed E-state index contributed by atoms with van der Waals surface area (Å²) < 4.78 is 53.8. The number of rotatable bonds is 4. The minimum absolute atomic E-state index is 0.136. The average molecular weight is 473 g/mol. The van der Waals surface area contributed by atoms with Crippen LogP contribution < -0.4 is 5.32 Å². The molecule has 0 aliphatic carbocycles. The van der Waals surface area contributed by atoms with Gasteiger partial charge in [-0.25, -0.2) is 17.2 Å². The number of hydrogen-bond acceptors (Lipinski definition) is 3. The maximum absolute atomic E-state index is 13.4. The lowest BCUT2D eigenvalue weighted by Gasteiger charge is -2.30. The molecule has 1 N–H and O–H groups in total. The molecule has 9 heteroatoms. The number of halogens is 3. The van der Waals surface area contributed by atoms with Crippen LogP contribution in [0.25, 0.3) is 0 Å². The molecule has 2 aromatic rings. The largest absolute Gasteiger partial charge is 0.326 e. The van der Waals surface area contributed by atoms with Crippen LogP contribution in [0.1, 0.15) is 18.4 Å². The van der Waals surface area contributed by atoms with Gasteiger partial charge in [-0.05, 0) is 55.7 Å². The monoisotopic (exact) mass is 472 g/mol. The molecule has 0 aromatic heterocycles. The van der Waals surface area contributed by atoms with Crippen LogP contribution in [0.15, 0.2) is 45.8 Å². The summed E-state index contributed by atoms with van der Waals surface area (Å²) in [5.74, 6) is -2.80. The second-order valence-electron chi connectivity index (χ2n) is 6.71. The number of nitrogens with zero attached hydrogens (tertiary/aromatic N) is 1. The molecular formula is C19H19BrF2N2O3S. The van der Waals surface area contributed by atoms with Gasteiger partial charge in [0.2, 0.25) is 15.9 Å². The van der Waals surface area contributed by atoms with Crippen molar-refractivity contribution in [2.45, 2.75) is 24.7 Å². The lowest BCUT2D eigenvalue weighted by molar-refractivity contribution is -0.120. The summed E-state index contributed by atoms with van der Waals surface area (Å²) in [7, 11) is -3.93. The fourth-order valence-electron chi connectivity index (χ4n) is 3.06. The molecule has 0 atom stereocenters. The van der Waals surface area contributed by atoms with Crippen LogP contribution in [-0.2, 0) is 14.8 Å². The first-order chi connectivity index (χ1) is 13.2. The van der Waals surface area contributed by atoms with Crippen molar-refractivity contribution in [3.63, 3.8) is 0 Å². The third-order valence-corrected chi connectivity index (χ3v) is 7.54. The van der Waals surface area contributed by atoms with E-state index in [2.05, 4.69) is 21.2 Å². The van der Waals surface area contributed by atoms with Crippen LogP contribution in [0.3, 0.4) is 0 Å². The van der Waals surface area contributed by atoms with Crippen molar-refractivity contribution in [3.8, 4) is 0 Å². The Labute approximate surface area is 170 Å². The van der Waals surface area contributed by atoms with Crippen molar-refractivity contribution >= 4 is 37.5 Å². The van der Waals surface area contributed by atoms with E-state index >= 15 is 0 Å². The minimum atomic E-state index is -3.93. The zero-order valence-electron chi connectivity index (χ0n) is 15.1. The Bertz CT molecular complexity index is 1010. The summed E-state index contributed by atoms with van der Waals surface area (Å²) in [6.45, 7) is 2.22. The van der Waals surface area contributed by atoms with E-state index in [1.54, 1.807) is 6.07 Å². The number of carbonyl (C=O) groups is 1. The van der Waals surface area contributed by atoms with Gasteiger partial charge in [-0.3, -0.25) is 4.79 Å². The van der Waals surface area contributed by atoms with Gasteiger partial charge >= 0.3 is 0 Å². The van der Waals surface area contributed by atoms with Gasteiger partial charge in [0.1, 0.15) is 0 Å². The highest BCUT2D eigenvalue weighted by atomic mass is 79.9. The molecule has 2 aromatic carbocycles. The van der Waals surface area contributed by atoms with Crippen LogP contribution in [-0.4, -0.2) is 31.7 Å². The number of aryl methyl sites for hydroxylation is 1. The highest BCUT2D eigenvalue weighted by Gasteiger charge is 2.32. The zero-order valence-corrected chi connectivity index (χ0v) is 17.5. The fraction of sp³-hybridized carbons (Fsp3) is 0.316. The van der Waals surface area contributed by atoms with Crippen molar-refractivity contribution in [1.82, 2.24) is 4.31 Å². The third kappa shape index (κ3) is 4.42. The van der Waals surface area contributed by atoms with E-state index in [4.69, 9.17) is 0 Å². The van der Waals surface area contributed by atoms with E-state index in [1.165, 1.54) is 4.31 Å². The Hall–Kier alpha value is -1.84. The highest BCUT2D eigenvalue weighted by molar-refractivity contribution is 9.10. The predicted octanol–water partition coefficient (Wildman–Crippen LogP) is 4.08. The van der Waals surface area contributed by atoms with E-state index in [-0.39, 0.29) is 29.8 Å². The minimum Gasteiger partial charge on any atom is -0.326 e. The maximum Gasteiger partial charge on any atom is 0.243 e. The lowest BCUT2D eigenvalue weighted by Crippen LogP contribution is -2.41. The standard InChI is InChI=1S/C19H19BrF2N2O3S/c1-12-2-3-14(10-16(12)20)23-19(25)13-6-8-24(9-7-13)28(26,27)15-4-5-17(21)18(22)11-15/h2-5,10-11,13H,6-9H2,1H3,(H,23,25). The van der Waals surface area contributed by atoms with Crippen molar-refractivity contribution in [2.75, 3.05) is 18.4 Å². The van der Waals surface area contributed by atoms with Gasteiger partial charge in [0, 0.05) is 29.2 Å².